The Balaban J connectivity index is 0.00000334. The summed E-state index contributed by atoms with van der Waals surface area (Å²) in [6.07, 6.45) is 0. The van der Waals surface area contributed by atoms with Gasteiger partial charge in [0.05, 0.1) is 11.7 Å². The Morgan fingerprint density at radius 1 is 0.175 bits per heavy atom. The van der Waals surface area contributed by atoms with Crippen LogP contribution in [0.5, 0.6) is 0 Å². The van der Waals surface area contributed by atoms with Crippen LogP contribution < -0.4 is 19.6 Å². The fraction of sp³-hybridized carbons (Fsp3) is 0. The van der Waals surface area contributed by atoms with E-state index in [4.69, 9.17) is 11.7 Å². The second kappa shape index (κ2) is 33.8. The topological polar surface area (TPSA) is 38.7 Å². The van der Waals surface area contributed by atoms with Gasteiger partial charge in [0.1, 0.15) is 11.0 Å². The van der Waals surface area contributed by atoms with Gasteiger partial charge in [-0.15, -0.1) is 0 Å². The number of hydrogen-bond acceptors (Lipinski definition) is 7. The van der Waals surface area contributed by atoms with Gasteiger partial charge in [-0.25, -0.2) is 0 Å². The van der Waals surface area contributed by atoms with E-state index in [0.29, 0.717) is 0 Å². The molecule has 1 aromatic heterocycles. The zero-order valence-corrected chi connectivity index (χ0v) is 64.3. The van der Waals surface area contributed by atoms with E-state index in [9.17, 15) is 0 Å². The maximum atomic E-state index is 5.06. The molecule has 0 aliphatic heterocycles. The molecule has 0 atom stereocenters. The van der Waals surface area contributed by atoms with E-state index >= 15 is 0 Å². The zero-order valence-electron chi connectivity index (χ0n) is 64.5. The average molecular weight is 1510 g/mol. The predicted octanol–water partition coefficient (Wildman–Crippen LogP) is 29.3. The Morgan fingerprint density at radius 2 is 0.325 bits per heavy atom. The van der Waals surface area contributed by atoms with Crippen LogP contribution in [-0.2, 0) is 0 Å². The summed E-state index contributed by atoms with van der Waals surface area (Å²) in [6.45, 7) is 0. The van der Waals surface area contributed by atoms with Gasteiger partial charge in [-0.1, -0.05) is 315 Å². The Morgan fingerprint density at radius 3 is 0.518 bits per heavy atom. The van der Waals surface area contributed by atoms with Gasteiger partial charge in [-0.05, 0) is 224 Å². The molecule has 0 amide bonds. The van der Waals surface area contributed by atoms with Crippen LogP contribution in [0.1, 0.15) is 47.5 Å². The second-order valence-electron chi connectivity index (χ2n) is 27.7. The SMILES string of the molecule is S.[3H][3H].c1ccc(C(=C(c2ccccc2)c2ccc(N(c3ccc(-c4ccc(-c5ccc(N(c6ccc(C(=C(c7ccccc7)c7ccccc7)c7ccccc7)cc6)c6ccc(N(c7ccccc7)c7ccccc7)cc6)cc5)c5nsnc45)cc3)c3ccc(N(c4ccccc4)c4ccccc4)cc3)cc2)c2ccccc2)cc1. The summed E-state index contributed by atoms with van der Waals surface area (Å²) in [5.41, 5.74) is 32.1. The molecule has 0 unspecified atom stereocenters. The maximum Gasteiger partial charge on any atom is 0.113 e. The van der Waals surface area contributed by atoms with Gasteiger partial charge in [0.15, 0.2) is 0 Å². The van der Waals surface area contributed by atoms with E-state index in [1.807, 2.05) is 0 Å². The van der Waals surface area contributed by atoms with E-state index in [-0.39, 0.29) is 13.5 Å². The number of anilines is 12. The van der Waals surface area contributed by atoms with E-state index in [1.54, 1.807) is 0 Å². The molecule has 0 aliphatic carbocycles. The minimum atomic E-state index is 0. The van der Waals surface area contributed by atoms with Gasteiger partial charge in [0.2, 0.25) is 0 Å². The van der Waals surface area contributed by atoms with Crippen molar-refractivity contribution in [2.45, 2.75) is 0 Å². The molecule has 0 saturated heterocycles. The molecular weight excluding hydrogens is 1420 g/mol. The lowest BCUT2D eigenvalue weighted by atomic mass is 9.86. The van der Waals surface area contributed by atoms with Gasteiger partial charge in [-0.3, -0.25) is 0 Å². The molecule has 0 bridgehead atoms. The molecule has 0 N–H and O–H groups in total. The fourth-order valence-electron chi connectivity index (χ4n) is 15.5. The Bertz CT molecular complexity index is 5710. The minimum absolute atomic E-state index is 0. The lowest BCUT2D eigenvalue weighted by molar-refractivity contribution is 1.25. The highest BCUT2D eigenvalue weighted by atomic mass is 32.1. The van der Waals surface area contributed by atoms with Crippen molar-refractivity contribution in [1.82, 2.24) is 8.75 Å². The zero-order chi connectivity index (χ0) is 77.5. The van der Waals surface area contributed by atoms with Crippen molar-refractivity contribution < 1.29 is 2.97 Å². The first kappa shape index (κ1) is 71.2. The molecule has 0 saturated carbocycles. The first-order valence-electron chi connectivity index (χ1n) is 39.2. The Kier molecular flexibility index (Phi) is 21.1. The third kappa shape index (κ3) is 15.2. The number of para-hydroxylation sites is 4. The van der Waals surface area contributed by atoms with Crippen LogP contribution in [0.25, 0.3) is 55.6 Å². The van der Waals surface area contributed by atoms with Crippen LogP contribution in [0, 0.1) is 0 Å². The highest BCUT2D eigenvalue weighted by Gasteiger charge is 2.24. The first-order chi connectivity index (χ1) is 57.1. The predicted molar refractivity (Wildman–Crippen MR) is 488 cm³/mol. The molecule has 8 heteroatoms. The summed E-state index contributed by atoms with van der Waals surface area (Å²) in [5.74, 6) is 0. The van der Waals surface area contributed by atoms with Gasteiger partial charge >= 0.3 is 0 Å². The van der Waals surface area contributed by atoms with Gasteiger partial charge in [-0.2, -0.15) is 22.2 Å². The smallest absolute Gasteiger partial charge is 0.113 e. The monoisotopic (exact) mass is 1500 g/mol. The average Bonchev–Trinajstić information content (AvgIpc) is 0.937. The molecule has 0 spiro atoms. The second-order valence-corrected chi connectivity index (χ2v) is 28.3. The number of rotatable bonds is 22. The summed E-state index contributed by atoms with van der Waals surface area (Å²) < 4.78 is 20.1. The standard InChI is InChI=1S/C106H76N6S.H2S.H2/c1-11-31-79(32-12-1)101(80-33-13-2-14-34-80)103(83-39-19-5-20-40-83)85-55-63-93(64-56-85)111(97-71-67-95(68-72-97)109(87-43-23-7-24-44-87)88-45-25-8-26-46-88)91-59-51-77(52-60-91)99-75-76-100(106-105(99)107-113-108-106)78-53-61-92(62-54-78)112(98-73-69-96(70-74-98)110(89-47-27-9-28-48-89)90-49-29-10-30-50-90)94-65-57-86(58-66-94)104(84-41-21-6-22-42-84)102(81-35-15-3-16-36-81)82-37-17-4-18-38-82;;/h1-76H;1H2;1H/i;;1+2T. The maximum absolute atomic E-state index is 5.06. The molecule has 0 aliphatic rings. The summed E-state index contributed by atoms with van der Waals surface area (Å²) in [4.78, 5) is 9.31. The summed E-state index contributed by atoms with van der Waals surface area (Å²) in [6, 6.07) is 165. The lowest BCUT2D eigenvalue weighted by Crippen LogP contribution is -2.12. The van der Waals surface area contributed by atoms with Crippen LogP contribution in [0.3, 0.4) is 0 Å². The van der Waals surface area contributed by atoms with Crippen molar-refractivity contribution >= 4 is 127 Å². The quantitative estimate of drug-likeness (QED) is 0.0630. The third-order valence-electron chi connectivity index (χ3n) is 20.8. The van der Waals surface area contributed by atoms with Gasteiger partial charge in [0, 0.05) is 82.3 Å². The molecule has 114 heavy (non-hydrogen) atoms. The normalized spacial score (nSPS) is 11.0. The largest absolute Gasteiger partial charge is 0.311 e. The van der Waals surface area contributed by atoms with Crippen molar-refractivity contribution in [2.24, 2.45) is 0 Å². The van der Waals surface area contributed by atoms with Crippen molar-refractivity contribution in [3.8, 4) is 22.3 Å². The fourth-order valence-corrected chi connectivity index (χ4v) is 16.1. The molecule has 0 fully saturated rings. The summed E-state index contributed by atoms with van der Waals surface area (Å²) in [7, 11) is 0. The first-order valence-corrected chi connectivity index (χ1v) is 38.9. The van der Waals surface area contributed by atoms with Crippen molar-refractivity contribution in [1.29, 1.82) is 0 Å². The third-order valence-corrected chi connectivity index (χ3v) is 21.3. The van der Waals surface area contributed by atoms with Crippen LogP contribution in [0.15, 0.2) is 461 Å². The highest BCUT2D eigenvalue weighted by molar-refractivity contribution is 7.59. The Labute approximate surface area is 681 Å². The molecule has 1 heterocycles. The van der Waals surface area contributed by atoms with E-state index in [2.05, 4.69) is 481 Å². The van der Waals surface area contributed by atoms with Crippen LogP contribution in [0.2, 0.25) is 0 Å². The van der Waals surface area contributed by atoms with E-state index in [1.165, 1.54) is 22.9 Å². The molecule has 18 rings (SSSR count). The molecule has 6 nitrogen and oxygen atoms in total. The van der Waals surface area contributed by atoms with Gasteiger partial charge in [0.25, 0.3) is 0 Å². The molecule has 18 aromatic rings. The number of benzene rings is 17. The summed E-state index contributed by atoms with van der Waals surface area (Å²) in [5, 5.41) is 0. The number of fused-ring (bicyclic) bond motifs is 1. The molecule has 0 radical (unpaired) electrons. The highest BCUT2D eigenvalue weighted by Crippen LogP contribution is 2.47. The minimum Gasteiger partial charge on any atom is -0.311 e. The van der Waals surface area contributed by atoms with E-state index in [0.717, 1.165) is 157 Å². The van der Waals surface area contributed by atoms with E-state index < -0.39 is 0 Å². The van der Waals surface area contributed by atoms with Crippen LogP contribution in [-0.4, -0.2) is 8.75 Å². The van der Waals surface area contributed by atoms with Crippen LogP contribution in [0.4, 0.5) is 68.2 Å². The molecule has 546 valence electrons. The summed E-state index contributed by atoms with van der Waals surface area (Å²) >= 11 is 1.25. The number of nitrogens with zero attached hydrogens (tertiary/aromatic N) is 6. The van der Waals surface area contributed by atoms with Gasteiger partial charge < -0.3 is 19.6 Å². The number of hydrogen-bond donors (Lipinski definition) is 0. The van der Waals surface area contributed by atoms with Crippen molar-refractivity contribution in [3.05, 3.63) is 506 Å². The van der Waals surface area contributed by atoms with Crippen molar-refractivity contribution in [3.63, 3.8) is 0 Å². The number of aromatic nitrogens is 2. The molecule has 17 aromatic carbocycles. The lowest BCUT2D eigenvalue weighted by Gasteiger charge is -2.28. The molecular formula is C106H80N6S2. The Hall–Kier alpha value is -14.4. The van der Waals surface area contributed by atoms with Crippen molar-refractivity contribution in [2.75, 3.05) is 19.6 Å². The van der Waals surface area contributed by atoms with Crippen LogP contribution >= 0.6 is 25.2 Å².